The number of benzene rings is 1. The molecule has 0 bridgehead atoms. The number of methoxy groups -OCH3 is 1. The molecule has 0 unspecified atom stereocenters. The summed E-state index contributed by atoms with van der Waals surface area (Å²) >= 11 is 0. The van der Waals surface area contributed by atoms with E-state index in [1.807, 2.05) is 30.3 Å². The number of rotatable bonds is 5. The summed E-state index contributed by atoms with van der Waals surface area (Å²) < 4.78 is 9.38. The largest absolute Gasteiger partial charge is 0.466 e. The Kier molecular flexibility index (Phi) is 6.09. The molecule has 1 aromatic rings. The van der Waals surface area contributed by atoms with Gasteiger partial charge in [0.05, 0.1) is 13.7 Å². The Bertz CT molecular complexity index is 486. The van der Waals surface area contributed by atoms with Crippen LogP contribution in [-0.4, -0.2) is 25.7 Å². The Morgan fingerprint density at radius 2 is 1.79 bits per heavy atom. The van der Waals surface area contributed by atoms with Gasteiger partial charge in [-0.1, -0.05) is 30.3 Å². The fourth-order valence-corrected chi connectivity index (χ4v) is 1.40. The predicted octanol–water partition coefficient (Wildman–Crippen LogP) is 2.36. The van der Waals surface area contributed by atoms with Crippen molar-refractivity contribution in [3.8, 4) is 0 Å². The number of carbonyl (C=O) groups excluding carboxylic acids is 2. The smallest absolute Gasteiger partial charge is 0.331 e. The molecule has 0 atom stereocenters. The highest BCUT2D eigenvalue weighted by molar-refractivity contribution is 5.96. The van der Waals surface area contributed by atoms with Crippen LogP contribution in [-0.2, 0) is 19.1 Å². The lowest BCUT2D eigenvalue weighted by molar-refractivity contribution is -0.137. The normalized spacial score (nSPS) is 11.4. The Balaban J connectivity index is 3.01. The third-order valence-electron chi connectivity index (χ3n) is 2.27. The summed E-state index contributed by atoms with van der Waals surface area (Å²) in [6.07, 6.45) is 4.13. The highest BCUT2D eigenvalue weighted by Gasteiger charge is 2.03. The summed E-state index contributed by atoms with van der Waals surface area (Å²) in [6, 6.07) is 9.25. The van der Waals surface area contributed by atoms with Gasteiger partial charge in [-0.2, -0.15) is 0 Å². The van der Waals surface area contributed by atoms with Crippen LogP contribution < -0.4 is 0 Å². The van der Waals surface area contributed by atoms with Crippen LogP contribution in [0.1, 0.15) is 12.5 Å². The topological polar surface area (TPSA) is 52.6 Å². The minimum absolute atomic E-state index is 0.304. The molecule has 0 aromatic heterocycles. The molecular formula is C15H16O4. The fraction of sp³-hybridized carbons (Fsp3) is 0.200. The van der Waals surface area contributed by atoms with E-state index < -0.39 is 11.9 Å². The molecule has 0 radical (unpaired) electrons. The Labute approximate surface area is 112 Å². The molecule has 4 heteroatoms. The van der Waals surface area contributed by atoms with Crippen LogP contribution in [0.25, 0.3) is 5.57 Å². The summed E-state index contributed by atoms with van der Waals surface area (Å²) in [5.41, 5.74) is 1.40. The molecule has 0 N–H and O–H groups in total. The van der Waals surface area contributed by atoms with Gasteiger partial charge in [0.25, 0.3) is 0 Å². The maximum atomic E-state index is 11.5. The van der Waals surface area contributed by atoms with E-state index in [0.29, 0.717) is 12.2 Å². The average molecular weight is 260 g/mol. The van der Waals surface area contributed by atoms with Crippen molar-refractivity contribution in [2.24, 2.45) is 0 Å². The van der Waals surface area contributed by atoms with Crippen molar-refractivity contribution in [1.82, 2.24) is 0 Å². The maximum Gasteiger partial charge on any atom is 0.331 e. The van der Waals surface area contributed by atoms with Gasteiger partial charge in [-0.25, -0.2) is 9.59 Å². The number of hydrogen-bond acceptors (Lipinski definition) is 4. The molecular weight excluding hydrogens is 244 g/mol. The van der Waals surface area contributed by atoms with Gasteiger partial charge >= 0.3 is 11.9 Å². The Morgan fingerprint density at radius 3 is 2.37 bits per heavy atom. The highest BCUT2D eigenvalue weighted by Crippen LogP contribution is 2.15. The van der Waals surface area contributed by atoms with E-state index in [-0.39, 0.29) is 0 Å². The van der Waals surface area contributed by atoms with E-state index in [9.17, 15) is 9.59 Å². The van der Waals surface area contributed by atoms with Crippen molar-refractivity contribution in [2.75, 3.05) is 13.7 Å². The number of ether oxygens (including phenoxy) is 2. The van der Waals surface area contributed by atoms with Gasteiger partial charge in [-0.05, 0) is 24.1 Å². The standard InChI is InChI=1S/C15H16O4/c1-3-19-15(17)11-13(9-10-14(16)18-2)12-7-5-4-6-8-12/h4-11H,3H2,1-2H3/b10-9+,13-11+. The molecule has 0 aliphatic carbocycles. The molecule has 1 rings (SSSR count). The van der Waals surface area contributed by atoms with E-state index >= 15 is 0 Å². The van der Waals surface area contributed by atoms with Crippen LogP contribution in [0.15, 0.2) is 48.6 Å². The van der Waals surface area contributed by atoms with Crippen LogP contribution in [0, 0.1) is 0 Å². The molecule has 100 valence electrons. The predicted molar refractivity (Wildman–Crippen MR) is 72.2 cm³/mol. The van der Waals surface area contributed by atoms with E-state index in [4.69, 9.17) is 4.74 Å². The number of esters is 2. The molecule has 0 aliphatic heterocycles. The van der Waals surface area contributed by atoms with Crippen molar-refractivity contribution >= 4 is 17.5 Å². The molecule has 0 saturated carbocycles. The SMILES string of the molecule is CCOC(=O)/C=C(\C=C\C(=O)OC)c1ccccc1. The van der Waals surface area contributed by atoms with Gasteiger partial charge in [0.2, 0.25) is 0 Å². The van der Waals surface area contributed by atoms with Gasteiger partial charge in [0.15, 0.2) is 0 Å². The van der Waals surface area contributed by atoms with E-state index in [2.05, 4.69) is 4.74 Å². The van der Waals surface area contributed by atoms with Gasteiger partial charge in [0, 0.05) is 12.2 Å². The van der Waals surface area contributed by atoms with Crippen LogP contribution in [0.3, 0.4) is 0 Å². The van der Waals surface area contributed by atoms with E-state index in [1.54, 1.807) is 6.92 Å². The molecule has 1 aromatic carbocycles. The first-order valence-electron chi connectivity index (χ1n) is 5.87. The molecule has 0 saturated heterocycles. The third-order valence-corrected chi connectivity index (χ3v) is 2.27. The zero-order valence-corrected chi connectivity index (χ0v) is 11.0. The minimum atomic E-state index is -0.481. The molecule has 4 nitrogen and oxygen atoms in total. The summed E-state index contributed by atoms with van der Waals surface area (Å²) in [5, 5.41) is 0. The summed E-state index contributed by atoms with van der Waals surface area (Å²) in [4.78, 5) is 22.6. The maximum absolute atomic E-state index is 11.5. The van der Waals surface area contributed by atoms with Crippen molar-refractivity contribution in [3.63, 3.8) is 0 Å². The first-order valence-corrected chi connectivity index (χ1v) is 5.87. The van der Waals surface area contributed by atoms with Crippen molar-refractivity contribution in [1.29, 1.82) is 0 Å². The highest BCUT2D eigenvalue weighted by atomic mass is 16.5. The zero-order chi connectivity index (χ0) is 14.1. The molecule has 0 fully saturated rings. The number of carbonyl (C=O) groups is 2. The van der Waals surface area contributed by atoms with E-state index in [0.717, 1.165) is 5.56 Å². The van der Waals surface area contributed by atoms with Crippen LogP contribution in [0.4, 0.5) is 0 Å². The first-order chi connectivity index (χ1) is 9.17. The van der Waals surface area contributed by atoms with Crippen LogP contribution >= 0.6 is 0 Å². The summed E-state index contributed by atoms with van der Waals surface area (Å²) in [7, 11) is 1.30. The fourth-order valence-electron chi connectivity index (χ4n) is 1.40. The lowest BCUT2D eigenvalue weighted by atomic mass is 10.1. The lowest BCUT2D eigenvalue weighted by Gasteiger charge is -2.03. The van der Waals surface area contributed by atoms with Crippen molar-refractivity contribution in [2.45, 2.75) is 6.92 Å². The second kappa shape index (κ2) is 7.87. The minimum Gasteiger partial charge on any atom is -0.466 e. The number of hydrogen-bond donors (Lipinski definition) is 0. The average Bonchev–Trinajstić information content (AvgIpc) is 2.44. The molecule has 0 spiro atoms. The first kappa shape index (κ1) is 14.7. The second-order valence-corrected chi connectivity index (χ2v) is 3.57. The van der Waals surface area contributed by atoms with Crippen molar-refractivity contribution in [3.05, 3.63) is 54.1 Å². The monoisotopic (exact) mass is 260 g/mol. The van der Waals surface area contributed by atoms with Crippen LogP contribution in [0.5, 0.6) is 0 Å². The van der Waals surface area contributed by atoms with E-state index in [1.165, 1.54) is 25.3 Å². The Hall–Kier alpha value is -2.36. The molecule has 0 aliphatic rings. The number of allylic oxidation sites excluding steroid dienone is 2. The molecule has 0 amide bonds. The molecule has 0 heterocycles. The van der Waals surface area contributed by atoms with Crippen molar-refractivity contribution < 1.29 is 19.1 Å². The Morgan fingerprint density at radius 1 is 1.11 bits per heavy atom. The molecule has 19 heavy (non-hydrogen) atoms. The summed E-state index contributed by atoms with van der Waals surface area (Å²) in [6.45, 7) is 2.04. The van der Waals surface area contributed by atoms with Gasteiger partial charge < -0.3 is 9.47 Å². The second-order valence-electron chi connectivity index (χ2n) is 3.57. The van der Waals surface area contributed by atoms with Crippen LogP contribution in [0.2, 0.25) is 0 Å². The van der Waals surface area contributed by atoms with Gasteiger partial charge in [-0.15, -0.1) is 0 Å². The third kappa shape index (κ3) is 5.21. The quantitative estimate of drug-likeness (QED) is 0.463. The van der Waals surface area contributed by atoms with Gasteiger partial charge in [-0.3, -0.25) is 0 Å². The lowest BCUT2D eigenvalue weighted by Crippen LogP contribution is -2.01. The summed E-state index contributed by atoms with van der Waals surface area (Å²) in [5.74, 6) is -0.929. The van der Waals surface area contributed by atoms with Gasteiger partial charge in [0.1, 0.15) is 0 Å². The zero-order valence-electron chi connectivity index (χ0n) is 11.0.